The maximum Gasteiger partial charge on any atom is 0.0319 e. The zero-order chi connectivity index (χ0) is 7.11. The molecule has 0 aliphatic rings. The van der Waals surface area contributed by atoms with Crippen molar-refractivity contribution in [1.82, 2.24) is 4.98 Å². The van der Waals surface area contributed by atoms with Crippen molar-refractivity contribution in [2.45, 2.75) is 0 Å². The molecule has 2 nitrogen and oxygen atoms in total. The summed E-state index contributed by atoms with van der Waals surface area (Å²) in [6.07, 6.45) is 3.48. The van der Waals surface area contributed by atoms with Gasteiger partial charge in [-0.15, -0.1) is 0 Å². The summed E-state index contributed by atoms with van der Waals surface area (Å²) in [6.45, 7) is 0. The van der Waals surface area contributed by atoms with Crippen LogP contribution in [-0.2, 0) is 0 Å². The molecule has 1 aromatic heterocycles. The first-order valence-electron chi connectivity index (χ1n) is 2.40. The Labute approximate surface area is 62.7 Å². The van der Waals surface area contributed by atoms with Crippen molar-refractivity contribution in [2.24, 2.45) is 0 Å². The largest absolute Gasteiger partial charge is 0.400 e. The van der Waals surface area contributed by atoms with Gasteiger partial charge in [-0.05, 0) is 12.1 Å². The Bertz CT molecular complexity index is 143. The fourth-order valence-electron chi connectivity index (χ4n) is 0.334. The van der Waals surface area contributed by atoms with Crippen LogP contribution >= 0.6 is 15.9 Å². The van der Waals surface area contributed by atoms with Crippen LogP contribution < -0.4 is 0 Å². The number of halogens is 1. The second-order valence-corrected chi connectivity index (χ2v) is 2.08. The number of aliphatic hydroxyl groups is 1. The molecule has 1 rings (SSSR count). The Morgan fingerprint density at radius 2 is 1.78 bits per heavy atom. The Morgan fingerprint density at radius 3 is 2.00 bits per heavy atom. The molecule has 0 aliphatic heterocycles. The molecule has 0 saturated carbocycles. The Kier molecular flexibility index (Phi) is 5.46. The molecule has 3 heteroatoms. The summed E-state index contributed by atoms with van der Waals surface area (Å²) in [5.41, 5.74) is 0. The average Bonchev–Trinajstić information content (AvgIpc) is 1.94. The number of aromatic nitrogens is 1. The van der Waals surface area contributed by atoms with Gasteiger partial charge in [0.2, 0.25) is 0 Å². The van der Waals surface area contributed by atoms with Gasteiger partial charge >= 0.3 is 0 Å². The molecule has 0 atom stereocenters. The predicted octanol–water partition coefficient (Wildman–Crippen LogP) is 1.45. The fourth-order valence-corrected chi connectivity index (χ4v) is 0.570. The van der Waals surface area contributed by atoms with Crippen molar-refractivity contribution in [1.29, 1.82) is 0 Å². The topological polar surface area (TPSA) is 33.1 Å². The normalized spacial score (nSPS) is 7.44. The summed E-state index contributed by atoms with van der Waals surface area (Å²) in [5, 5.41) is 7.00. The molecule has 0 unspecified atom stereocenters. The molecule has 0 fully saturated rings. The van der Waals surface area contributed by atoms with Gasteiger partial charge in [-0.3, -0.25) is 4.98 Å². The van der Waals surface area contributed by atoms with E-state index in [1.165, 1.54) is 0 Å². The lowest BCUT2D eigenvalue weighted by Gasteiger charge is -1.80. The number of nitrogens with zero attached hydrogens (tertiary/aromatic N) is 1. The molecule has 0 saturated heterocycles. The van der Waals surface area contributed by atoms with Crippen LogP contribution in [0.25, 0.3) is 0 Å². The summed E-state index contributed by atoms with van der Waals surface area (Å²) >= 11 is 3.27. The SMILES string of the molecule is Brc1ccncc1.CO. The summed E-state index contributed by atoms with van der Waals surface area (Å²) in [6, 6.07) is 3.78. The Morgan fingerprint density at radius 1 is 1.33 bits per heavy atom. The molecule has 0 aliphatic carbocycles. The van der Waals surface area contributed by atoms with Crippen molar-refractivity contribution in [3.05, 3.63) is 29.0 Å². The third-order valence-electron chi connectivity index (χ3n) is 0.640. The molecular weight excluding hydrogens is 182 g/mol. The van der Waals surface area contributed by atoms with Crippen molar-refractivity contribution >= 4 is 15.9 Å². The average molecular weight is 190 g/mol. The summed E-state index contributed by atoms with van der Waals surface area (Å²) in [5.74, 6) is 0. The molecule has 50 valence electrons. The fraction of sp³-hybridized carbons (Fsp3) is 0.167. The van der Waals surface area contributed by atoms with Gasteiger partial charge in [0, 0.05) is 24.0 Å². The number of hydrogen-bond acceptors (Lipinski definition) is 2. The molecule has 0 bridgehead atoms. The van der Waals surface area contributed by atoms with E-state index in [1.807, 2.05) is 12.1 Å². The molecular formula is C6H8BrNO. The van der Waals surface area contributed by atoms with E-state index in [-0.39, 0.29) is 0 Å². The molecule has 0 radical (unpaired) electrons. The summed E-state index contributed by atoms with van der Waals surface area (Å²) in [7, 11) is 1.00. The number of pyridine rings is 1. The van der Waals surface area contributed by atoms with E-state index in [0.29, 0.717) is 0 Å². The van der Waals surface area contributed by atoms with E-state index in [2.05, 4.69) is 20.9 Å². The standard InChI is InChI=1S/C5H4BrN.CH4O/c6-5-1-3-7-4-2-5;1-2/h1-4H;2H,1H3. The van der Waals surface area contributed by atoms with E-state index in [0.717, 1.165) is 11.6 Å². The van der Waals surface area contributed by atoms with E-state index in [4.69, 9.17) is 5.11 Å². The van der Waals surface area contributed by atoms with Crippen LogP contribution in [-0.4, -0.2) is 17.2 Å². The zero-order valence-electron chi connectivity index (χ0n) is 5.08. The van der Waals surface area contributed by atoms with E-state index >= 15 is 0 Å². The molecule has 0 spiro atoms. The van der Waals surface area contributed by atoms with Crippen LogP contribution in [0.5, 0.6) is 0 Å². The van der Waals surface area contributed by atoms with Gasteiger partial charge in [0.1, 0.15) is 0 Å². The van der Waals surface area contributed by atoms with Crippen LogP contribution in [0.2, 0.25) is 0 Å². The van der Waals surface area contributed by atoms with Crippen LogP contribution in [0.3, 0.4) is 0 Å². The maximum atomic E-state index is 7.00. The van der Waals surface area contributed by atoms with Gasteiger partial charge in [0.25, 0.3) is 0 Å². The minimum atomic E-state index is 1.00. The third kappa shape index (κ3) is 4.12. The lowest BCUT2D eigenvalue weighted by atomic mass is 10.5. The van der Waals surface area contributed by atoms with E-state index < -0.39 is 0 Å². The van der Waals surface area contributed by atoms with E-state index in [9.17, 15) is 0 Å². The maximum absolute atomic E-state index is 7.00. The molecule has 1 heterocycles. The van der Waals surface area contributed by atoms with Gasteiger partial charge in [0.05, 0.1) is 0 Å². The Balaban J connectivity index is 0.000000291. The minimum Gasteiger partial charge on any atom is -0.400 e. The quantitative estimate of drug-likeness (QED) is 0.671. The second-order valence-electron chi connectivity index (χ2n) is 1.17. The van der Waals surface area contributed by atoms with Crippen LogP contribution in [0.15, 0.2) is 29.0 Å². The lowest BCUT2D eigenvalue weighted by molar-refractivity contribution is 0.399. The highest BCUT2D eigenvalue weighted by Gasteiger charge is 1.75. The van der Waals surface area contributed by atoms with Crippen LogP contribution in [0.4, 0.5) is 0 Å². The minimum absolute atomic E-state index is 1.00. The van der Waals surface area contributed by atoms with Crippen LogP contribution in [0, 0.1) is 0 Å². The molecule has 0 amide bonds. The second kappa shape index (κ2) is 5.72. The monoisotopic (exact) mass is 189 g/mol. The smallest absolute Gasteiger partial charge is 0.0319 e. The zero-order valence-corrected chi connectivity index (χ0v) is 6.67. The molecule has 0 aromatic carbocycles. The Hall–Kier alpha value is -0.410. The first-order valence-corrected chi connectivity index (χ1v) is 3.19. The number of rotatable bonds is 0. The van der Waals surface area contributed by atoms with Crippen LogP contribution in [0.1, 0.15) is 0 Å². The van der Waals surface area contributed by atoms with Crippen molar-refractivity contribution in [2.75, 3.05) is 7.11 Å². The summed E-state index contributed by atoms with van der Waals surface area (Å²) in [4.78, 5) is 3.82. The van der Waals surface area contributed by atoms with Gasteiger partial charge in [-0.2, -0.15) is 0 Å². The highest BCUT2D eigenvalue weighted by molar-refractivity contribution is 9.10. The lowest BCUT2D eigenvalue weighted by Crippen LogP contribution is -1.63. The van der Waals surface area contributed by atoms with Crippen molar-refractivity contribution < 1.29 is 5.11 Å². The molecule has 9 heavy (non-hydrogen) atoms. The third-order valence-corrected chi connectivity index (χ3v) is 1.17. The highest BCUT2D eigenvalue weighted by atomic mass is 79.9. The number of aliphatic hydroxyl groups excluding tert-OH is 1. The highest BCUT2D eigenvalue weighted by Crippen LogP contribution is 2.03. The number of hydrogen-bond donors (Lipinski definition) is 1. The van der Waals surface area contributed by atoms with Gasteiger partial charge in [0.15, 0.2) is 0 Å². The predicted molar refractivity (Wildman–Crippen MR) is 40.1 cm³/mol. The first-order chi connectivity index (χ1) is 4.39. The van der Waals surface area contributed by atoms with Gasteiger partial charge in [-0.1, -0.05) is 15.9 Å². The summed E-state index contributed by atoms with van der Waals surface area (Å²) < 4.78 is 1.07. The molecule has 1 aromatic rings. The van der Waals surface area contributed by atoms with Crippen molar-refractivity contribution in [3.63, 3.8) is 0 Å². The van der Waals surface area contributed by atoms with Crippen molar-refractivity contribution in [3.8, 4) is 0 Å². The van der Waals surface area contributed by atoms with E-state index in [1.54, 1.807) is 12.4 Å². The first kappa shape index (κ1) is 8.59. The van der Waals surface area contributed by atoms with Gasteiger partial charge < -0.3 is 5.11 Å². The van der Waals surface area contributed by atoms with Gasteiger partial charge in [-0.25, -0.2) is 0 Å². The molecule has 1 N–H and O–H groups in total.